The van der Waals surface area contributed by atoms with Gasteiger partial charge in [0.2, 0.25) is 0 Å². The molecule has 3 rings (SSSR count). The van der Waals surface area contributed by atoms with Crippen LogP contribution in [0.25, 0.3) is 0 Å². The lowest BCUT2D eigenvalue weighted by molar-refractivity contribution is -0.118. The molecular formula is C25H24Br2N2O5. The van der Waals surface area contributed by atoms with E-state index in [2.05, 4.69) is 42.5 Å². The van der Waals surface area contributed by atoms with Gasteiger partial charge in [-0.15, -0.1) is 0 Å². The first kappa shape index (κ1) is 25.6. The van der Waals surface area contributed by atoms with Crippen LogP contribution in [0.2, 0.25) is 0 Å². The highest BCUT2D eigenvalue weighted by Crippen LogP contribution is 2.37. The normalized spacial score (nSPS) is 10.4. The summed E-state index contributed by atoms with van der Waals surface area (Å²) in [6.45, 7) is 4.20. The molecule has 34 heavy (non-hydrogen) atoms. The number of nitrogens with one attached hydrogen (secondary N) is 2. The largest absolute Gasteiger partial charge is 0.492 e. The van der Waals surface area contributed by atoms with Crippen LogP contribution in [0.15, 0.2) is 69.6 Å². The third kappa shape index (κ3) is 6.98. The number of halogens is 2. The Hall–Kier alpha value is -3.04. The van der Waals surface area contributed by atoms with E-state index in [0.717, 1.165) is 8.95 Å². The number of anilines is 2. The third-order valence-corrected chi connectivity index (χ3v) is 5.61. The Balaban J connectivity index is 1.79. The van der Waals surface area contributed by atoms with Crippen molar-refractivity contribution in [1.82, 2.24) is 0 Å². The minimum Gasteiger partial charge on any atom is -0.492 e. The standard InChI is InChI=1S/C25H24Br2N2O5/c1-3-32-22-14-20(29-25(31)16-8-6-5-7-9-16)23(33-4-2)13-19(22)28-24(30)15-34-21-11-10-17(26)12-18(21)27/h5-14H,3-4,15H2,1-2H3,(H,28,30)(H,29,31). The van der Waals surface area contributed by atoms with Crippen molar-refractivity contribution in [3.63, 3.8) is 0 Å². The van der Waals surface area contributed by atoms with Crippen molar-refractivity contribution in [1.29, 1.82) is 0 Å². The lowest BCUT2D eigenvalue weighted by atomic mass is 10.2. The van der Waals surface area contributed by atoms with Crippen LogP contribution in [0.4, 0.5) is 11.4 Å². The van der Waals surface area contributed by atoms with Gasteiger partial charge in [-0.1, -0.05) is 34.1 Å². The summed E-state index contributed by atoms with van der Waals surface area (Å²) in [5.41, 5.74) is 1.36. The molecule has 0 radical (unpaired) electrons. The minimum atomic E-state index is -0.376. The highest BCUT2D eigenvalue weighted by atomic mass is 79.9. The summed E-state index contributed by atoms with van der Waals surface area (Å²) in [5.74, 6) is 0.681. The zero-order valence-electron chi connectivity index (χ0n) is 18.7. The van der Waals surface area contributed by atoms with Gasteiger partial charge in [-0.05, 0) is 60.1 Å². The number of benzene rings is 3. The molecule has 0 spiro atoms. The van der Waals surface area contributed by atoms with Crippen LogP contribution in [0.5, 0.6) is 17.2 Å². The Morgan fingerprint density at radius 2 is 1.38 bits per heavy atom. The fourth-order valence-electron chi connectivity index (χ4n) is 3.01. The molecule has 0 bridgehead atoms. The molecule has 3 aromatic rings. The lowest BCUT2D eigenvalue weighted by Gasteiger charge is -2.18. The zero-order chi connectivity index (χ0) is 24.5. The van der Waals surface area contributed by atoms with Crippen molar-refractivity contribution >= 4 is 55.0 Å². The lowest BCUT2D eigenvalue weighted by Crippen LogP contribution is -2.21. The molecule has 0 atom stereocenters. The molecule has 0 aliphatic carbocycles. The summed E-state index contributed by atoms with van der Waals surface area (Å²) < 4.78 is 18.7. The van der Waals surface area contributed by atoms with E-state index < -0.39 is 0 Å². The second-order valence-electron chi connectivity index (χ2n) is 6.94. The molecular weight excluding hydrogens is 568 g/mol. The number of carbonyl (C=O) groups is 2. The zero-order valence-corrected chi connectivity index (χ0v) is 21.9. The van der Waals surface area contributed by atoms with E-state index in [1.807, 2.05) is 32.0 Å². The molecule has 7 nitrogen and oxygen atoms in total. The predicted molar refractivity (Wildman–Crippen MR) is 139 cm³/mol. The van der Waals surface area contributed by atoms with Gasteiger partial charge >= 0.3 is 0 Å². The SMILES string of the molecule is CCOc1cc(NC(=O)c2ccccc2)c(OCC)cc1NC(=O)COc1ccc(Br)cc1Br. The maximum absolute atomic E-state index is 12.7. The van der Waals surface area contributed by atoms with Gasteiger partial charge in [0.15, 0.2) is 6.61 Å². The van der Waals surface area contributed by atoms with Crippen molar-refractivity contribution in [2.24, 2.45) is 0 Å². The van der Waals surface area contributed by atoms with Crippen LogP contribution in [0.3, 0.4) is 0 Å². The summed E-state index contributed by atoms with van der Waals surface area (Å²) >= 11 is 6.79. The minimum absolute atomic E-state index is 0.206. The molecule has 2 N–H and O–H groups in total. The van der Waals surface area contributed by atoms with E-state index in [1.165, 1.54) is 0 Å². The van der Waals surface area contributed by atoms with Gasteiger partial charge in [0, 0.05) is 22.2 Å². The number of hydrogen-bond acceptors (Lipinski definition) is 5. The first-order valence-corrected chi connectivity index (χ1v) is 12.2. The molecule has 2 amide bonds. The van der Waals surface area contributed by atoms with Crippen LogP contribution in [0.1, 0.15) is 24.2 Å². The predicted octanol–water partition coefficient (Wildman–Crippen LogP) is 6.28. The monoisotopic (exact) mass is 590 g/mol. The molecule has 0 unspecified atom stereocenters. The Labute approximate surface area is 215 Å². The molecule has 0 saturated carbocycles. The third-order valence-electron chi connectivity index (χ3n) is 4.49. The number of carbonyl (C=O) groups excluding carboxylic acids is 2. The summed E-state index contributed by atoms with van der Waals surface area (Å²) in [7, 11) is 0. The van der Waals surface area contributed by atoms with Crippen LogP contribution in [-0.4, -0.2) is 31.6 Å². The first-order valence-electron chi connectivity index (χ1n) is 10.6. The molecule has 9 heteroatoms. The Morgan fingerprint density at radius 3 is 1.97 bits per heavy atom. The molecule has 0 aliphatic rings. The highest BCUT2D eigenvalue weighted by molar-refractivity contribution is 9.11. The maximum atomic E-state index is 12.7. The number of ether oxygens (including phenoxy) is 3. The van der Waals surface area contributed by atoms with Crippen molar-refractivity contribution in [2.75, 3.05) is 30.5 Å². The molecule has 3 aromatic carbocycles. The summed E-state index contributed by atoms with van der Waals surface area (Å²) in [5, 5.41) is 5.66. The molecule has 0 aromatic heterocycles. The topological polar surface area (TPSA) is 85.9 Å². The second kappa shape index (κ2) is 12.4. The summed E-state index contributed by atoms with van der Waals surface area (Å²) in [6, 6.07) is 17.5. The van der Waals surface area contributed by atoms with Crippen molar-refractivity contribution < 1.29 is 23.8 Å². The van der Waals surface area contributed by atoms with Gasteiger partial charge in [0.1, 0.15) is 17.2 Å². The van der Waals surface area contributed by atoms with E-state index in [4.69, 9.17) is 14.2 Å². The highest BCUT2D eigenvalue weighted by Gasteiger charge is 2.17. The van der Waals surface area contributed by atoms with E-state index in [9.17, 15) is 9.59 Å². The number of hydrogen-bond donors (Lipinski definition) is 2. The van der Waals surface area contributed by atoms with E-state index >= 15 is 0 Å². The van der Waals surface area contributed by atoms with Crippen LogP contribution in [-0.2, 0) is 4.79 Å². The fraction of sp³-hybridized carbons (Fsp3) is 0.200. The smallest absolute Gasteiger partial charge is 0.262 e. The van der Waals surface area contributed by atoms with Gasteiger partial charge in [0.25, 0.3) is 11.8 Å². The Morgan fingerprint density at radius 1 is 0.765 bits per heavy atom. The molecule has 0 heterocycles. The fourth-order valence-corrected chi connectivity index (χ4v) is 4.17. The molecule has 178 valence electrons. The summed E-state index contributed by atoms with van der Waals surface area (Å²) in [4.78, 5) is 25.3. The molecule has 0 aliphatic heterocycles. The van der Waals surface area contributed by atoms with E-state index in [-0.39, 0.29) is 18.4 Å². The quantitative estimate of drug-likeness (QED) is 0.290. The van der Waals surface area contributed by atoms with Crippen molar-refractivity contribution in [3.8, 4) is 17.2 Å². The number of amides is 2. The first-order chi connectivity index (χ1) is 16.4. The molecule has 0 fully saturated rings. The van der Waals surface area contributed by atoms with Crippen LogP contribution < -0.4 is 24.8 Å². The van der Waals surface area contributed by atoms with Crippen molar-refractivity contribution in [3.05, 3.63) is 75.2 Å². The van der Waals surface area contributed by atoms with E-state index in [0.29, 0.717) is 47.4 Å². The van der Waals surface area contributed by atoms with Gasteiger partial charge in [-0.2, -0.15) is 0 Å². The average Bonchev–Trinajstić information content (AvgIpc) is 2.82. The second-order valence-corrected chi connectivity index (χ2v) is 8.71. The van der Waals surface area contributed by atoms with Crippen LogP contribution >= 0.6 is 31.9 Å². The molecule has 0 saturated heterocycles. The number of rotatable bonds is 10. The average molecular weight is 592 g/mol. The van der Waals surface area contributed by atoms with Crippen molar-refractivity contribution in [2.45, 2.75) is 13.8 Å². The Bertz CT molecular complexity index is 1160. The van der Waals surface area contributed by atoms with E-state index in [1.54, 1.807) is 42.5 Å². The maximum Gasteiger partial charge on any atom is 0.262 e. The van der Waals surface area contributed by atoms with Crippen LogP contribution in [0, 0.1) is 0 Å². The Kier molecular flexibility index (Phi) is 9.35. The van der Waals surface area contributed by atoms with Gasteiger partial charge < -0.3 is 24.8 Å². The summed E-state index contributed by atoms with van der Waals surface area (Å²) in [6.07, 6.45) is 0. The van der Waals surface area contributed by atoms with Gasteiger partial charge in [-0.25, -0.2) is 0 Å². The van der Waals surface area contributed by atoms with Gasteiger partial charge in [0.05, 0.1) is 29.1 Å². The van der Waals surface area contributed by atoms with Gasteiger partial charge in [-0.3, -0.25) is 9.59 Å².